The first-order valence-electron chi connectivity index (χ1n) is 9.23. The van der Waals surface area contributed by atoms with E-state index in [-0.39, 0.29) is 23.8 Å². The molecule has 0 atom stereocenters. The first-order valence-corrected chi connectivity index (χ1v) is 11.4. The zero-order chi connectivity index (χ0) is 20.9. The van der Waals surface area contributed by atoms with Crippen molar-refractivity contribution in [1.29, 1.82) is 0 Å². The van der Waals surface area contributed by atoms with Gasteiger partial charge < -0.3 is 9.73 Å². The highest BCUT2D eigenvalue weighted by molar-refractivity contribution is 7.99. The van der Waals surface area contributed by atoms with E-state index in [0.29, 0.717) is 21.8 Å². The number of aromatic nitrogens is 2. The third-order valence-corrected chi connectivity index (χ3v) is 6.15. The van der Waals surface area contributed by atoms with Gasteiger partial charge in [0.05, 0.1) is 29.5 Å². The SMILES string of the molecule is CSc1ccc(NC(=O)CSc2nc3ccccc3c(=O)n2Cc2ccco2)cc1. The molecule has 6 nitrogen and oxygen atoms in total. The number of carbonyl (C=O) groups excluding carboxylic acids is 1. The van der Waals surface area contributed by atoms with Crippen molar-refractivity contribution in [2.75, 3.05) is 17.3 Å². The molecule has 2 aromatic carbocycles. The highest BCUT2D eigenvalue weighted by atomic mass is 32.2. The minimum Gasteiger partial charge on any atom is -0.467 e. The Labute approximate surface area is 181 Å². The summed E-state index contributed by atoms with van der Waals surface area (Å²) >= 11 is 2.87. The Balaban J connectivity index is 1.56. The van der Waals surface area contributed by atoms with Crippen LogP contribution in [0, 0.1) is 0 Å². The van der Waals surface area contributed by atoms with Crippen LogP contribution in [-0.2, 0) is 11.3 Å². The number of benzene rings is 2. The lowest BCUT2D eigenvalue weighted by Gasteiger charge is -2.12. The number of hydrogen-bond donors (Lipinski definition) is 1. The molecular formula is C22H19N3O3S2. The van der Waals surface area contributed by atoms with E-state index < -0.39 is 0 Å². The Bertz CT molecular complexity index is 1220. The number of amides is 1. The number of thioether (sulfide) groups is 2. The molecule has 1 N–H and O–H groups in total. The predicted octanol–water partition coefficient (Wildman–Crippen LogP) is 4.49. The second-order valence-electron chi connectivity index (χ2n) is 6.45. The maximum absolute atomic E-state index is 13.0. The normalized spacial score (nSPS) is 11.0. The number of hydrogen-bond acceptors (Lipinski definition) is 6. The van der Waals surface area contributed by atoms with E-state index in [2.05, 4.69) is 10.3 Å². The third kappa shape index (κ3) is 4.60. The summed E-state index contributed by atoms with van der Waals surface area (Å²) in [7, 11) is 0. The van der Waals surface area contributed by atoms with Crippen LogP contribution >= 0.6 is 23.5 Å². The second kappa shape index (κ2) is 9.23. The lowest BCUT2D eigenvalue weighted by atomic mass is 10.2. The van der Waals surface area contributed by atoms with E-state index in [0.717, 1.165) is 10.6 Å². The first-order chi connectivity index (χ1) is 14.6. The van der Waals surface area contributed by atoms with Gasteiger partial charge in [0, 0.05) is 10.6 Å². The molecule has 0 radical (unpaired) electrons. The van der Waals surface area contributed by atoms with Crippen molar-refractivity contribution >= 4 is 46.0 Å². The molecule has 1 amide bonds. The van der Waals surface area contributed by atoms with Crippen molar-refractivity contribution in [2.24, 2.45) is 0 Å². The quantitative estimate of drug-likeness (QED) is 0.339. The fraction of sp³-hybridized carbons (Fsp3) is 0.136. The number of anilines is 1. The molecule has 4 aromatic rings. The van der Waals surface area contributed by atoms with Crippen LogP contribution in [-0.4, -0.2) is 27.5 Å². The number of rotatable bonds is 7. The molecule has 0 aliphatic carbocycles. The van der Waals surface area contributed by atoms with Crippen molar-refractivity contribution in [3.63, 3.8) is 0 Å². The number of fused-ring (bicyclic) bond motifs is 1. The number of nitrogens with one attached hydrogen (secondary N) is 1. The average Bonchev–Trinajstić information content (AvgIpc) is 3.28. The molecule has 0 aliphatic rings. The summed E-state index contributed by atoms with van der Waals surface area (Å²) in [6.45, 7) is 0.254. The third-order valence-electron chi connectivity index (χ3n) is 4.43. The number of carbonyl (C=O) groups is 1. The van der Waals surface area contributed by atoms with Crippen LogP contribution in [0.25, 0.3) is 10.9 Å². The summed E-state index contributed by atoms with van der Waals surface area (Å²) in [4.78, 5) is 31.2. The van der Waals surface area contributed by atoms with Gasteiger partial charge >= 0.3 is 0 Å². The molecule has 0 aliphatic heterocycles. The molecular weight excluding hydrogens is 418 g/mol. The lowest BCUT2D eigenvalue weighted by Crippen LogP contribution is -2.24. The van der Waals surface area contributed by atoms with Crippen molar-refractivity contribution in [3.8, 4) is 0 Å². The second-order valence-corrected chi connectivity index (χ2v) is 8.27. The van der Waals surface area contributed by atoms with Gasteiger partial charge in [-0.1, -0.05) is 23.9 Å². The minimum atomic E-state index is -0.163. The zero-order valence-electron chi connectivity index (χ0n) is 16.2. The van der Waals surface area contributed by atoms with Crippen LogP contribution in [0.5, 0.6) is 0 Å². The van der Waals surface area contributed by atoms with Crippen molar-refractivity contribution in [3.05, 3.63) is 83.0 Å². The average molecular weight is 438 g/mol. The van der Waals surface area contributed by atoms with Crippen LogP contribution in [0.3, 0.4) is 0 Å². The highest BCUT2D eigenvalue weighted by Gasteiger charge is 2.14. The van der Waals surface area contributed by atoms with Gasteiger partial charge in [-0.15, -0.1) is 11.8 Å². The number of para-hydroxylation sites is 1. The van der Waals surface area contributed by atoms with E-state index in [1.807, 2.05) is 42.7 Å². The standard InChI is InChI=1S/C22H19N3O3S2/c1-29-17-10-8-15(9-11-17)23-20(26)14-30-22-24-19-7-3-2-6-18(19)21(27)25(22)13-16-5-4-12-28-16/h2-12H,13-14H2,1H3,(H,23,26). The molecule has 0 fully saturated rings. The molecule has 152 valence electrons. The molecule has 0 saturated heterocycles. The van der Waals surface area contributed by atoms with E-state index in [4.69, 9.17) is 4.42 Å². The molecule has 30 heavy (non-hydrogen) atoms. The number of nitrogens with zero attached hydrogens (tertiary/aromatic N) is 2. The lowest BCUT2D eigenvalue weighted by molar-refractivity contribution is -0.113. The molecule has 0 unspecified atom stereocenters. The summed E-state index contributed by atoms with van der Waals surface area (Å²) in [5.41, 5.74) is 1.18. The van der Waals surface area contributed by atoms with Gasteiger partial charge in [0.15, 0.2) is 5.16 Å². The Morgan fingerprint density at radius 3 is 2.63 bits per heavy atom. The largest absolute Gasteiger partial charge is 0.467 e. The summed E-state index contributed by atoms with van der Waals surface area (Å²) in [6, 6.07) is 18.4. The first kappa shape index (κ1) is 20.3. The highest BCUT2D eigenvalue weighted by Crippen LogP contribution is 2.21. The summed E-state index contributed by atoms with van der Waals surface area (Å²) in [5.74, 6) is 0.617. The van der Waals surface area contributed by atoms with Gasteiger partial charge in [0.1, 0.15) is 5.76 Å². The van der Waals surface area contributed by atoms with Crippen LogP contribution in [0.2, 0.25) is 0 Å². The zero-order valence-corrected chi connectivity index (χ0v) is 17.8. The van der Waals surface area contributed by atoms with Gasteiger partial charge in [0.25, 0.3) is 5.56 Å². The van der Waals surface area contributed by atoms with Crippen LogP contribution in [0.15, 0.2) is 86.2 Å². The van der Waals surface area contributed by atoms with Crippen LogP contribution in [0.4, 0.5) is 5.69 Å². The topological polar surface area (TPSA) is 77.1 Å². The summed E-state index contributed by atoms with van der Waals surface area (Å²) in [6.07, 6.45) is 3.57. The van der Waals surface area contributed by atoms with Crippen molar-refractivity contribution in [2.45, 2.75) is 16.6 Å². The molecule has 8 heteroatoms. The van der Waals surface area contributed by atoms with E-state index in [1.54, 1.807) is 46.9 Å². The Kier molecular flexibility index (Phi) is 6.25. The van der Waals surface area contributed by atoms with Crippen LogP contribution in [0.1, 0.15) is 5.76 Å². The van der Waals surface area contributed by atoms with E-state index in [1.165, 1.54) is 11.8 Å². The fourth-order valence-corrected chi connectivity index (χ4v) is 4.16. The van der Waals surface area contributed by atoms with Crippen molar-refractivity contribution in [1.82, 2.24) is 9.55 Å². The molecule has 0 bridgehead atoms. The van der Waals surface area contributed by atoms with Gasteiger partial charge in [0.2, 0.25) is 5.91 Å². The maximum atomic E-state index is 13.0. The molecule has 0 spiro atoms. The monoisotopic (exact) mass is 437 g/mol. The fourth-order valence-electron chi connectivity index (χ4n) is 2.96. The van der Waals surface area contributed by atoms with Gasteiger partial charge in [-0.25, -0.2) is 4.98 Å². The summed E-state index contributed by atoms with van der Waals surface area (Å²) < 4.78 is 6.95. The maximum Gasteiger partial charge on any atom is 0.262 e. The minimum absolute atomic E-state index is 0.132. The van der Waals surface area contributed by atoms with Gasteiger partial charge in [-0.2, -0.15) is 0 Å². The van der Waals surface area contributed by atoms with Gasteiger partial charge in [-0.3, -0.25) is 14.2 Å². The molecule has 2 heterocycles. The predicted molar refractivity (Wildman–Crippen MR) is 121 cm³/mol. The molecule has 0 saturated carbocycles. The van der Waals surface area contributed by atoms with Crippen molar-refractivity contribution < 1.29 is 9.21 Å². The molecule has 2 aromatic heterocycles. The Morgan fingerprint density at radius 2 is 1.90 bits per heavy atom. The summed E-state index contributed by atoms with van der Waals surface area (Å²) in [5, 5.41) is 3.89. The Morgan fingerprint density at radius 1 is 1.10 bits per heavy atom. The molecule has 4 rings (SSSR count). The van der Waals surface area contributed by atoms with E-state index in [9.17, 15) is 9.59 Å². The van der Waals surface area contributed by atoms with Gasteiger partial charge in [-0.05, 0) is 54.8 Å². The van der Waals surface area contributed by atoms with E-state index >= 15 is 0 Å². The number of furan rings is 1. The Hall–Kier alpha value is -2.97. The van der Waals surface area contributed by atoms with Crippen LogP contribution < -0.4 is 10.9 Å². The smallest absolute Gasteiger partial charge is 0.262 e.